The van der Waals surface area contributed by atoms with Crippen molar-refractivity contribution in [1.82, 2.24) is 0 Å². The van der Waals surface area contributed by atoms with Crippen LogP contribution in [0.3, 0.4) is 0 Å². The van der Waals surface area contributed by atoms with Gasteiger partial charge in [0.2, 0.25) is 6.29 Å². The molecule has 0 aromatic rings. The number of hydrogen-bond donors (Lipinski definition) is 6. The van der Waals surface area contributed by atoms with E-state index in [-0.39, 0.29) is 47.0 Å². The van der Waals surface area contributed by atoms with Gasteiger partial charge in [-0.2, -0.15) is 0 Å². The fourth-order valence-corrected chi connectivity index (χ4v) is 13.9. The van der Waals surface area contributed by atoms with Crippen LogP contribution in [0.25, 0.3) is 0 Å². The van der Waals surface area contributed by atoms with Crippen molar-refractivity contribution in [3.05, 3.63) is 11.6 Å². The van der Waals surface area contributed by atoms with E-state index in [0.29, 0.717) is 25.7 Å². The van der Waals surface area contributed by atoms with E-state index in [1.165, 1.54) is 19.4 Å². The Labute approximate surface area is 359 Å². The van der Waals surface area contributed by atoms with Crippen molar-refractivity contribution in [2.24, 2.45) is 50.2 Å². The third-order valence-corrected chi connectivity index (χ3v) is 18.2. The summed E-state index contributed by atoms with van der Waals surface area (Å²) in [7, 11) is 0. The molecule has 6 fully saturated rings. The van der Waals surface area contributed by atoms with Crippen LogP contribution in [0.5, 0.6) is 0 Å². The summed E-state index contributed by atoms with van der Waals surface area (Å²) in [6.45, 7) is 18.8. The van der Waals surface area contributed by atoms with Gasteiger partial charge in [0, 0.05) is 31.1 Å². The Morgan fingerprint density at radius 2 is 1.33 bits per heavy atom. The highest BCUT2D eigenvalue weighted by atomic mass is 16.7. The number of carbonyl (C=O) groups is 3. The third-order valence-electron chi connectivity index (χ3n) is 18.2. The van der Waals surface area contributed by atoms with Crippen LogP contribution in [0.4, 0.5) is 0 Å². The molecule has 61 heavy (non-hydrogen) atoms. The van der Waals surface area contributed by atoms with Crippen molar-refractivity contribution < 1.29 is 73.4 Å². The van der Waals surface area contributed by atoms with Crippen molar-refractivity contribution in [2.45, 2.75) is 201 Å². The Hall–Kier alpha value is -2.21. The summed E-state index contributed by atoms with van der Waals surface area (Å²) in [4.78, 5) is 38.0. The lowest BCUT2D eigenvalue weighted by Crippen LogP contribution is -2.69. The molecule has 2 heterocycles. The molecule has 7 aliphatic rings. The van der Waals surface area contributed by atoms with Crippen LogP contribution < -0.4 is 0 Å². The largest absolute Gasteiger partial charge is 0.456 e. The second kappa shape index (κ2) is 16.0. The number of allylic oxidation sites excluding steroid dienone is 2. The average Bonchev–Trinajstić information content (AvgIpc) is 3.18. The molecule has 21 atom stereocenters. The van der Waals surface area contributed by atoms with Gasteiger partial charge in [0.15, 0.2) is 18.5 Å². The number of ether oxygens (including phenoxy) is 6. The van der Waals surface area contributed by atoms with Crippen LogP contribution in [0.15, 0.2) is 11.6 Å². The molecule has 0 amide bonds. The summed E-state index contributed by atoms with van der Waals surface area (Å²) < 4.78 is 34.7. The summed E-state index contributed by atoms with van der Waals surface area (Å²) >= 11 is 0. The van der Waals surface area contributed by atoms with Gasteiger partial charge in [-0.25, -0.2) is 0 Å². The molecule has 7 rings (SSSR count). The fourth-order valence-electron chi connectivity index (χ4n) is 13.9. The summed E-state index contributed by atoms with van der Waals surface area (Å²) in [5.41, 5.74) is -1.61. The van der Waals surface area contributed by atoms with Crippen LogP contribution in [-0.2, 0) is 42.8 Å². The molecule has 346 valence electrons. The van der Waals surface area contributed by atoms with E-state index >= 15 is 0 Å². The standard InChI is InChI=1S/C46H72O15/c1-22-32(51)33(52)34(53)39(57-22)61-40(55)42(6)16-15-41(5)17-18-44(8)26(27(41)20-42)11-12-29-45(44,9)14-13-28-43(7,30(49)19-31(50)46(28,29)10)21-56-38-35(54)37(60-25(4)48)36(23(2)58-38)59-24(3)47/h11,22-23,27-39,49-54H,12-21H2,1-10H3/t22-,23-,27+,28?,29?,30+,31+,32-,33-,34-,35-,36+,37+,38-,39+,41-,42-,43+,44-,45-,46+/m1/s1. The minimum atomic E-state index is -1.58. The number of carbonyl (C=O) groups excluding carboxylic acids is 3. The van der Waals surface area contributed by atoms with E-state index in [1.807, 2.05) is 13.8 Å². The first-order chi connectivity index (χ1) is 28.3. The van der Waals surface area contributed by atoms with Gasteiger partial charge in [-0.05, 0) is 106 Å². The fraction of sp³-hybridized carbons (Fsp3) is 0.891. The van der Waals surface area contributed by atoms with Crippen LogP contribution in [0, 0.1) is 50.2 Å². The topological polar surface area (TPSA) is 228 Å². The van der Waals surface area contributed by atoms with E-state index in [4.69, 9.17) is 28.4 Å². The summed E-state index contributed by atoms with van der Waals surface area (Å²) in [5.74, 6) is -1.86. The quantitative estimate of drug-likeness (QED) is 0.122. The smallest absolute Gasteiger partial charge is 0.314 e. The van der Waals surface area contributed by atoms with Gasteiger partial charge in [0.25, 0.3) is 0 Å². The molecule has 6 N–H and O–H groups in total. The highest BCUT2D eigenvalue weighted by Gasteiger charge is 2.71. The third kappa shape index (κ3) is 7.32. The summed E-state index contributed by atoms with van der Waals surface area (Å²) in [6.07, 6.45) is -5.55. The highest BCUT2D eigenvalue weighted by molar-refractivity contribution is 5.77. The molecule has 0 spiro atoms. The van der Waals surface area contributed by atoms with Crippen LogP contribution in [0.1, 0.15) is 127 Å². The number of rotatable bonds is 7. The van der Waals surface area contributed by atoms with Crippen molar-refractivity contribution in [1.29, 1.82) is 0 Å². The number of esters is 3. The van der Waals surface area contributed by atoms with Gasteiger partial charge in [-0.1, -0.05) is 46.3 Å². The molecule has 15 nitrogen and oxygen atoms in total. The number of aliphatic hydroxyl groups excluding tert-OH is 6. The molecule has 0 bridgehead atoms. The van der Waals surface area contributed by atoms with E-state index in [0.717, 1.165) is 25.7 Å². The lowest BCUT2D eigenvalue weighted by Gasteiger charge is -2.72. The van der Waals surface area contributed by atoms with Crippen molar-refractivity contribution in [3.8, 4) is 0 Å². The lowest BCUT2D eigenvalue weighted by atomic mass is 9.33. The molecule has 15 heteroatoms. The first-order valence-corrected chi connectivity index (χ1v) is 22.5. The predicted octanol–water partition coefficient (Wildman–Crippen LogP) is 3.46. The molecular weight excluding hydrogens is 792 g/mol. The van der Waals surface area contributed by atoms with E-state index in [1.54, 1.807) is 13.8 Å². The maximum Gasteiger partial charge on any atom is 0.314 e. The van der Waals surface area contributed by atoms with Gasteiger partial charge in [-0.3, -0.25) is 14.4 Å². The average molecular weight is 865 g/mol. The lowest BCUT2D eigenvalue weighted by molar-refractivity contribution is -0.316. The molecule has 4 saturated carbocycles. The Balaban J connectivity index is 1.13. The first kappa shape index (κ1) is 46.8. The Kier molecular flexibility index (Phi) is 12.3. The highest BCUT2D eigenvalue weighted by Crippen LogP contribution is 2.76. The van der Waals surface area contributed by atoms with E-state index < -0.39 is 108 Å². The van der Waals surface area contributed by atoms with Crippen molar-refractivity contribution in [3.63, 3.8) is 0 Å². The molecule has 0 radical (unpaired) electrons. The normalized spacial score (nSPS) is 53.2. The monoisotopic (exact) mass is 864 g/mol. The second-order valence-corrected chi connectivity index (χ2v) is 21.6. The number of aliphatic hydroxyl groups is 6. The number of hydrogen-bond acceptors (Lipinski definition) is 15. The minimum Gasteiger partial charge on any atom is -0.456 e. The van der Waals surface area contributed by atoms with Gasteiger partial charge < -0.3 is 59.1 Å². The molecule has 5 aliphatic carbocycles. The van der Waals surface area contributed by atoms with Gasteiger partial charge in [0.05, 0.1) is 36.4 Å². The zero-order chi connectivity index (χ0) is 45.0. The van der Waals surface area contributed by atoms with Crippen molar-refractivity contribution in [2.75, 3.05) is 6.61 Å². The molecule has 0 aromatic carbocycles. The van der Waals surface area contributed by atoms with E-state index in [9.17, 15) is 45.0 Å². The summed E-state index contributed by atoms with van der Waals surface area (Å²) in [6, 6.07) is 0. The predicted molar refractivity (Wildman–Crippen MR) is 217 cm³/mol. The maximum absolute atomic E-state index is 14.1. The van der Waals surface area contributed by atoms with Crippen LogP contribution >= 0.6 is 0 Å². The van der Waals surface area contributed by atoms with Gasteiger partial charge in [0.1, 0.15) is 24.4 Å². The van der Waals surface area contributed by atoms with Crippen molar-refractivity contribution >= 4 is 17.9 Å². The Morgan fingerprint density at radius 1 is 0.705 bits per heavy atom. The van der Waals surface area contributed by atoms with Crippen LogP contribution in [0.2, 0.25) is 0 Å². The van der Waals surface area contributed by atoms with Crippen LogP contribution in [-0.4, -0.2) is 129 Å². The molecular formula is C46H72O15. The number of fused-ring (bicyclic) bond motifs is 7. The molecule has 2 saturated heterocycles. The van der Waals surface area contributed by atoms with Gasteiger partial charge >= 0.3 is 17.9 Å². The maximum atomic E-state index is 14.1. The zero-order valence-corrected chi connectivity index (χ0v) is 37.7. The molecule has 2 unspecified atom stereocenters. The SMILES string of the molecule is CC(=O)O[C@@H]1[C@@H](OC(C)=O)[C@@H](O)[C@H](OC[C@@]2(C)C3CC[C@]4(C)C(CC=C5[C@@H]6C[C@](C)(C(=O)O[C@@H]7O[C@H](C)[C@@H](O)[C@@H](O)[C@H]7O)CC[C@]6(C)CC[C@]54C)[C@@]3(C)[C@@H](O)C[C@@H]2O)O[C@@H]1C. The second-order valence-electron chi connectivity index (χ2n) is 21.6. The Bertz CT molecular complexity index is 1740. The van der Waals surface area contributed by atoms with E-state index in [2.05, 4.69) is 33.8 Å². The van der Waals surface area contributed by atoms with Gasteiger partial charge in [-0.15, -0.1) is 0 Å². The zero-order valence-electron chi connectivity index (χ0n) is 37.7. The molecule has 0 aromatic heterocycles. The molecule has 2 aliphatic heterocycles. The first-order valence-electron chi connectivity index (χ1n) is 22.5. The minimum absolute atomic E-state index is 0.0150. The summed E-state index contributed by atoms with van der Waals surface area (Å²) in [5, 5.41) is 66.7. The Morgan fingerprint density at radius 3 is 1.98 bits per heavy atom.